The fraction of sp³-hybridized carbons (Fsp3) is 0.333. The summed E-state index contributed by atoms with van der Waals surface area (Å²) in [5.41, 5.74) is 4.65. The van der Waals surface area contributed by atoms with Gasteiger partial charge in [0.1, 0.15) is 5.56 Å². The molecule has 0 atom stereocenters. The lowest BCUT2D eigenvalue weighted by Crippen LogP contribution is -2.21. The van der Waals surface area contributed by atoms with Crippen molar-refractivity contribution in [3.05, 3.63) is 17.8 Å². The van der Waals surface area contributed by atoms with Crippen LogP contribution in [0.4, 0.5) is 18.9 Å². The first kappa shape index (κ1) is 13.1. The van der Waals surface area contributed by atoms with Gasteiger partial charge in [-0.1, -0.05) is 0 Å². The minimum absolute atomic E-state index is 0.00136. The average molecular weight is 250 g/mol. The highest BCUT2D eigenvalue weighted by Crippen LogP contribution is 2.28. The Labute approximate surface area is 94.3 Å². The monoisotopic (exact) mass is 250 g/mol. The van der Waals surface area contributed by atoms with Crippen LogP contribution in [0.1, 0.15) is 17.3 Å². The third-order valence-corrected chi connectivity index (χ3v) is 1.64. The number of hydrogen-bond donors (Lipinski definition) is 1. The van der Waals surface area contributed by atoms with Gasteiger partial charge in [0.15, 0.2) is 0 Å². The van der Waals surface area contributed by atoms with Crippen molar-refractivity contribution in [2.75, 3.05) is 12.3 Å². The molecule has 1 heterocycles. The summed E-state index contributed by atoms with van der Waals surface area (Å²) in [7, 11) is 0. The molecule has 0 saturated heterocycles. The molecule has 1 aromatic heterocycles. The van der Waals surface area contributed by atoms with E-state index in [1.807, 2.05) is 0 Å². The third-order valence-electron chi connectivity index (χ3n) is 1.64. The smallest absolute Gasteiger partial charge is 0.462 e. The second-order valence-electron chi connectivity index (χ2n) is 2.85. The van der Waals surface area contributed by atoms with Crippen LogP contribution in [0, 0.1) is 0 Å². The molecule has 0 aliphatic heterocycles. The van der Waals surface area contributed by atoms with Crippen molar-refractivity contribution in [1.29, 1.82) is 0 Å². The van der Waals surface area contributed by atoms with Crippen molar-refractivity contribution in [3.8, 4) is 5.88 Å². The molecule has 1 rings (SSSR count). The fourth-order valence-electron chi connectivity index (χ4n) is 1.05. The van der Waals surface area contributed by atoms with E-state index in [0.29, 0.717) is 0 Å². The van der Waals surface area contributed by atoms with Gasteiger partial charge in [0.25, 0.3) is 0 Å². The van der Waals surface area contributed by atoms with Crippen LogP contribution in [0.5, 0.6) is 5.88 Å². The predicted molar refractivity (Wildman–Crippen MR) is 51.3 cm³/mol. The Balaban J connectivity index is 3.13. The van der Waals surface area contributed by atoms with Crippen LogP contribution in [0.25, 0.3) is 0 Å². The van der Waals surface area contributed by atoms with E-state index in [1.165, 1.54) is 13.0 Å². The molecule has 0 aliphatic carbocycles. The van der Waals surface area contributed by atoms with Crippen LogP contribution < -0.4 is 10.5 Å². The number of nitrogens with zero attached hydrogens (tertiary/aromatic N) is 1. The summed E-state index contributed by atoms with van der Waals surface area (Å²) in [5, 5.41) is 0. The van der Waals surface area contributed by atoms with Crippen molar-refractivity contribution in [2.24, 2.45) is 0 Å². The van der Waals surface area contributed by atoms with E-state index >= 15 is 0 Å². The molecule has 8 heteroatoms. The molecule has 0 aliphatic rings. The van der Waals surface area contributed by atoms with E-state index in [4.69, 9.17) is 5.73 Å². The summed E-state index contributed by atoms with van der Waals surface area (Å²) in [6.07, 6.45) is -3.96. The van der Waals surface area contributed by atoms with Crippen molar-refractivity contribution < 1.29 is 27.4 Å². The Bertz CT molecular complexity index is 420. The Morgan fingerprint density at radius 2 is 2.18 bits per heavy atom. The highest BCUT2D eigenvalue weighted by Gasteiger charge is 2.34. The number of pyridine rings is 1. The highest BCUT2D eigenvalue weighted by atomic mass is 19.4. The van der Waals surface area contributed by atoms with Gasteiger partial charge in [-0.25, -0.2) is 9.78 Å². The number of carbonyl (C=O) groups is 1. The van der Waals surface area contributed by atoms with Crippen LogP contribution in [0.15, 0.2) is 12.3 Å². The Hall–Kier alpha value is -1.99. The lowest BCUT2D eigenvalue weighted by molar-refractivity contribution is -0.276. The minimum atomic E-state index is -4.96. The summed E-state index contributed by atoms with van der Waals surface area (Å²) in [6.45, 7) is 1.51. The number of alkyl halides is 3. The van der Waals surface area contributed by atoms with Gasteiger partial charge in [0.2, 0.25) is 5.88 Å². The highest BCUT2D eigenvalue weighted by molar-refractivity contribution is 5.97. The van der Waals surface area contributed by atoms with E-state index in [2.05, 4.69) is 14.5 Å². The summed E-state index contributed by atoms with van der Waals surface area (Å²) in [6, 6.07) is 1.18. The van der Waals surface area contributed by atoms with Gasteiger partial charge in [-0.2, -0.15) is 0 Å². The number of halogens is 3. The standard InChI is InChI=1S/C9H9F3N2O3/c1-2-16-8(15)6-5(13)3-4-14-7(6)17-9(10,11)12/h3-4H,2H2,1H3,(H2,13,14). The van der Waals surface area contributed by atoms with Crippen LogP contribution in [0.3, 0.4) is 0 Å². The van der Waals surface area contributed by atoms with Crippen molar-refractivity contribution in [2.45, 2.75) is 13.3 Å². The second kappa shape index (κ2) is 4.89. The van der Waals surface area contributed by atoms with Crippen LogP contribution in [-0.2, 0) is 4.74 Å². The number of nitrogens with two attached hydrogens (primary N) is 1. The van der Waals surface area contributed by atoms with Gasteiger partial charge < -0.3 is 15.2 Å². The normalized spacial score (nSPS) is 11.1. The van der Waals surface area contributed by atoms with Gasteiger partial charge in [0.05, 0.1) is 12.3 Å². The third kappa shape index (κ3) is 3.51. The lowest BCUT2D eigenvalue weighted by Gasteiger charge is -2.12. The van der Waals surface area contributed by atoms with E-state index in [0.717, 1.165) is 6.20 Å². The minimum Gasteiger partial charge on any atom is -0.462 e. The molecule has 0 radical (unpaired) electrons. The van der Waals surface area contributed by atoms with E-state index in [1.54, 1.807) is 0 Å². The first-order valence-electron chi connectivity index (χ1n) is 4.52. The molecule has 0 fully saturated rings. The molecule has 0 bridgehead atoms. The predicted octanol–water partition coefficient (Wildman–Crippen LogP) is 1.74. The summed E-state index contributed by atoms with van der Waals surface area (Å²) in [4.78, 5) is 14.7. The number of esters is 1. The van der Waals surface area contributed by atoms with Gasteiger partial charge in [-0.15, -0.1) is 13.2 Å². The number of anilines is 1. The molecule has 94 valence electrons. The Morgan fingerprint density at radius 3 is 2.71 bits per heavy atom. The van der Waals surface area contributed by atoms with Gasteiger partial charge >= 0.3 is 12.3 Å². The maximum absolute atomic E-state index is 12.0. The number of nitrogen functional groups attached to an aromatic ring is 1. The summed E-state index contributed by atoms with van der Waals surface area (Å²) >= 11 is 0. The summed E-state index contributed by atoms with van der Waals surface area (Å²) < 4.78 is 44.3. The molecule has 17 heavy (non-hydrogen) atoms. The zero-order chi connectivity index (χ0) is 13.1. The van der Waals surface area contributed by atoms with Crippen molar-refractivity contribution in [3.63, 3.8) is 0 Å². The molecule has 0 spiro atoms. The average Bonchev–Trinajstić information content (AvgIpc) is 2.15. The molecule has 2 N–H and O–H groups in total. The number of ether oxygens (including phenoxy) is 2. The van der Waals surface area contributed by atoms with Crippen molar-refractivity contribution in [1.82, 2.24) is 4.98 Å². The van der Waals surface area contributed by atoms with Gasteiger partial charge in [-0.3, -0.25) is 0 Å². The largest absolute Gasteiger partial charge is 0.574 e. The molecule has 0 saturated carbocycles. The van der Waals surface area contributed by atoms with E-state index < -0.39 is 23.8 Å². The van der Waals surface area contributed by atoms with Crippen LogP contribution in [0.2, 0.25) is 0 Å². The van der Waals surface area contributed by atoms with Gasteiger partial charge in [-0.05, 0) is 13.0 Å². The first-order valence-corrected chi connectivity index (χ1v) is 4.52. The first-order chi connectivity index (χ1) is 7.85. The fourth-order valence-corrected chi connectivity index (χ4v) is 1.05. The van der Waals surface area contributed by atoms with Gasteiger partial charge in [0, 0.05) is 6.20 Å². The molecule has 5 nitrogen and oxygen atoms in total. The van der Waals surface area contributed by atoms with E-state index in [9.17, 15) is 18.0 Å². The number of carbonyl (C=O) groups excluding carboxylic acids is 1. The topological polar surface area (TPSA) is 74.4 Å². The Morgan fingerprint density at radius 1 is 1.53 bits per heavy atom. The molecular formula is C9H9F3N2O3. The van der Waals surface area contributed by atoms with Crippen LogP contribution in [-0.4, -0.2) is 23.9 Å². The second-order valence-corrected chi connectivity index (χ2v) is 2.85. The van der Waals surface area contributed by atoms with Crippen molar-refractivity contribution >= 4 is 11.7 Å². The molecule has 1 aromatic rings. The zero-order valence-electron chi connectivity index (χ0n) is 8.75. The van der Waals surface area contributed by atoms with E-state index in [-0.39, 0.29) is 12.3 Å². The quantitative estimate of drug-likeness (QED) is 0.827. The molecule has 0 amide bonds. The SMILES string of the molecule is CCOC(=O)c1c(N)ccnc1OC(F)(F)F. The van der Waals surface area contributed by atoms with Crippen LogP contribution >= 0.6 is 0 Å². The maximum Gasteiger partial charge on any atom is 0.574 e. The summed E-state index contributed by atoms with van der Waals surface area (Å²) in [5.74, 6) is -1.94. The lowest BCUT2D eigenvalue weighted by atomic mass is 10.2. The number of hydrogen-bond acceptors (Lipinski definition) is 5. The number of rotatable bonds is 3. The molecule has 0 unspecified atom stereocenters. The molecular weight excluding hydrogens is 241 g/mol. The molecule has 0 aromatic carbocycles. The Kier molecular flexibility index (Phi) is 3.77. The number of aromatic nitrogens is 1. The maximum atomic E-state index is 12.0. The zero-order valence-corrected chi connectivity index (χ0v) is 8.75.